The third-order valence-electron chi connectivity index (χ3n) is 5.35. The zero-order valence-electron chi connectivity index (χ0n) is 19.9. The first-order valence-corrected chi connectivity index (χ1v) is 13.1. The van der Waals surface area contributed by atoms with E-state index in [1.54, 1.807) is 0 Å². The molecule has 1 aromatic rings. The molecule has 0 radical (unpaired) electrons. The minimum absolute atomic E-state index is 0.0874. The smallest absolute Gasteiger partial charge is 0.463 e. The van der Waals surface area contributed by atoms with E-state index >= 15 is 0 Å². The van der Waals surface area contributed by atoms with Crippen LogP contribution in [0.25, 0.3) is 0 Å². The van der Waals surface area contributed by atoms with E-state index < -0.39 is 20.3 Å². The van der Waals surface area contributed by atoms with Crippen LogP contribution in [0.3, 0.4) is 0 Å². The minimum Gasteiger partial charge on any atom is -0.463 e. The molecule has 0 aliphatic carbocycles. The number of rotatable bonds is 8. The monoisotopic (exact) mass is 463 g/mol. The minimum atomic E-state index is -3.18. The van der Waals surface area contributed by atoms with Crippen molar-refractivity contribution in [2.75, 3.05) is 26.4 Å². The van der Waals surface area contributed by atoms with Gasteiger partial charge in [-0.15, -0.1) is 0 Å². The van der Waals surface area contributed by atoms with Crippen LogP contribution in [-0.2, 0) is 27.6 Å². The van der Waals surface area contributed by atoms with Crippen LogP contribution in [0.2, 0.25) is 0 Å². The van der Waals surface area contributed by atoms with E-state index in [1.807, 2.05) is 71.0 Å². The first-order chi connectivity index (χ1) is 15.3. The summed E-state index contributed by atoms with van der Waals surface area (Å²) >= 11 is 0. The summed E-state index contributed by atoms with van der Waals surface area (Å²) in [7, 11) is -3.18. The predicted octanol–water partition coefficient (Wildman–Crippen LogP) is 4.11. The van der Waals surface area contributed by atoms with Gasteiger partial charge in [0.05, 0.1) is 11.5 Å². The van der Waals surface area contributed by atoms with Crippen LogP contribution in [0.1, 0.15) is 65.5 Å². The molecule has 1 atom stereocenters. The summed E-state index contributed by atoms with van der Waals surface area (Å²) in [5.41, 5.74) is 0.140. The van der Waals surface area contributed by atoms with Crippen molar-refractivity contribution in [3.63, 3.8) is 0 Å². The fourth-order valence-electron chi connectivity index (χ4n) is 3.59. The Bertz CT molecular complexity index is 763. The van der Waals surface area contributed by atoms with E-state index in [-0.39, 0.29) is 24.9 Å². The number of carbonyl (C=O) groups is 2. The Kier molecular flexibility index (Phi) is 10.1. The van der Waals surface area contributed by atoms with E-state index in [2.05, 4.69) is 5.32 Å². The fraction of sp³-hybridized carbons (Fsp3) is 0.583. The molecule has 32 heavy (non-hydrogen) atoms. The highest BCUT2D eigenvalue weighted by atomic mass is 28.4. The van der Waals surface area contributed by atoms with Gasteiger partial charge in [-0.05, 0) is 58.2 Å². The summed E-state index contributed by atoms with van der Waals surface area (Å²) in [6.07, 6.45) is 3.08. The number of hydrogen-bond acceptors (Lipinski definition) is 6. The molecular formula is C24H37NO6Si. The Morgan fingerprint density at radius 1 is 1.00 bits per heavy atom. The standard InChI is InChI=1S/C24H37NO6Si/c1-6-29-32(30-7-2,31-8-3)20-14-15-22(26)25-21(19-12-10-9-11-13-19)18-28-23(27)24(4,5)17-16-20/h9-13,16,21H,6-8,14-15,17-18H2,1-5H3,(H,25,26)/t21-/m0/s1. The van der Waals surface area contributed by atoms with Gasteiger partial charge in [-0.25, -0.2) is 0 Å². The molecular weight excluding hydrogens is 426 g/mol. The molecule has 1 N–H and O–H groups in total. The number of allylic oxidation sites excluding steroid dienone is 2. The quantitative estimate of drug-likeness (QED) is 0.461. The van der Waals surface area contributed by atoms with Crippen LogP contribution >= 0.6 is 0 Å². The van der Waals surface area contributed by atoms with Gasteiger partial charge in [0.15, 0.2) is 0 Å². The van der Waals surface area contributed by atoms with E-state index in [1.165, 1.54) is 0 Å². The Morgan fingerprint density at radius 2 is 1.59 bits per heavy atom. The molecule has 7 nitrogen and oxygen atoms in total. The Hall–Kier alpha value is -2.00. The van der Waals surface area contributed by atoms with Crippen molar-refractivity contribution in [1.29, 1.82) is 0 Å². The van der Waals surface area contributed by atoms with Crippen molar-refractivity contribution in [2.45, 2.75) is 59.9 Å². The van der Waals surface area contributed by atoms with Crippen molar-refractivity contribution in [3.05, 3.63) is 47.2 Å². The molecule has 8 heteroatoms. The lowest BCUT2D eigenvalue weighted by Gasteiger charge is -2.32. The lowest BCUT2D eigenvalue weighted by Crippen LogP contribution is -2.49. The summed E-state index contributed by atoms with van der Waals surface area (Å²) in [6.45, 7) is 10.8. The maximum Gasteiger partial charge on any atom is 0.532 e. The predicted molar refractivity (Wildman–Crippen MR) is 125 cm³/mol. The highest BCUT2D eigenvalue weighted by Gasteiger charge is 2.45. The molecule has 2 rings (SSSR count). The van der Waals surface area contributed by atoms with Gasteiger partial charge in [0, 0.05) is 26.2 Å². The maximum atomic E-state index is 12.9. The summed E-state index contributed by atoms with van der Waals surface area (Å²) in [5.74, 6) is -0.451. The molecule has 1 aromatic carbocycles. The van der Waals surface area contributed by atoms with Crippen LogP contribution in [0, 0.1) is 5.41 Å². The van der Waals surface area contributed by atoms with Crippen LogP contribution in [0.15, 0.2) is 41.6 Å². The molecule has 0 saturated carbocycles. The number of benzene rings is 1. The van der Waals surface area contributed by atoms with E-state index in [0.29, 0.717) is 32.7 Å². The third-order valence-corrected chi connectivity index (χ3v) is 8.59. The van der Waals surface area contributed by atoms with Gasteiger partial charge in [0.1, 0.15) is 6.61 Å². The number of amides is 1. The van der Waals surface area contributed by atoms with Gasteiger partial charge < -0.3 is 23.3 Å². The SMILES string of the molecule is CCO[Si](OCC)(OCC)C1=CCC(C)(C)C(=O)OC[C@@H](c2ccccc2)NC(=O)CC1. The summed E-state index contributed by atoms with van der Waals surface area (Å²) in [5, 5.41) is 3.85. The maximum absolute atomic E-state index is 12.9. The van der Waals surface area contributed by atoms with E-state index in [4.69, 9.17) is 18.0 Å². The second kappa shape index (κ2) is 12.3. The third kappa shape index (κ3) is 7.00. The van der Waals surface area contributed by atoms with Gasteiger partial charge in [-0.3, -0.25) is 9.59 Å². The molecule has 0 bridgehead atoms. The fourth-order valence-corrected chi connectivity index (χ4v) is 6.32. The molecule has 178 valence electrons. The molecule has 1 amide bonds. The van der Waals surface area contributed by atoms with Gasteiger partial charge in [-0.2, -0.15) is 0 Å². The van der Waals surface area contributed by atoms with Crippen LogP contribution in [-0.4, -0.2) is 47.1 Å². The van der Waals surface area contributed by atoms with E-state index in [0.717, 1.165) is 10.8 Å². The second-order valence-corrected chi connectivity index (χ2v) is 10.9. The summed E-state index contributed by atoms with van der Waals surface area (Å²) < 4.78 is 23.9. The van der Waals surface area contributed by atoms with Crippen LogP contribution in [0.4, 0.5) is 0 Å². The summed E-state index contributed by atoms with van der Waals surface area (Å²) in [4.78, 5) is 25.7. The average molecular weight is 464 g/mol. The molecule has 0 aromatic heterocycles. The number of ether oxygens (including phenoxy) is 1. The van der Waals surface area contributed by atoms with Gasteiger partial charge in [-0.1, -0.05) is 36.4 Å². The molecule has 0 fully saturated rings. The second-order valence-electron chi connectivity index (χ2n) is 8.30. The van der Waals surface area contributed by atoms with Crippen molar-refractivity contribution >= 4 is 20.7 Å². The topological polar surface area (TPSA) is 83.1 Å². The number of cyclic esters (lactones) is 1. The van der Waals surface area contributed by atoms with Gasteiger partial charge in [0.25, 0.3) is 0 Å². The van der Waals surface area contributed by atoms with Crippen LogP contribution in [0.5, 0.6) is 0 Å². The normalized spacial score (nSPS) is 20.4. The van der Waals surface area contributed by atoms with Crippen molar-refractivity contribution in [3.8, 4) is 0 Å². The number of carbonyl (C=O) groups excluding carboxylic acids is 2. The molecule has 0 saturated heterocycles. The van der Waals surface area contributed by atoms with Crippen molar-refractivity contribution in [2.24, 2.45) is 5.41 Å². The van der Waals surface area contributed by atoms with Crippen LogP contribution < -0.4 is 5.32 Å². The zero-order chi connectivity index (χ0) is 23.6. The van der Waals surface area contributed by atoms with E-state index in [9.17, 15) is 9.59 Å². The number of hydrogen-bond donors (Lipinski definition) is 1. The van der Waals surface area contributed by atoms with Crippen molar-refractivity contribution < 1.29 is 27.6 Å². The first kappa shape index (κ1) is 26.3. The van der Waals surface area contributed by atoms with Gasteiger partial charge >= 0.3 is 14.8 Å². The highest BCUT2D eigenvalue weighted by molar-refractivity contribution is 6.68. The van der Waals surface area contributed by atoms with Gasteiger partial charge in [0.2, 0.25) is 5.91 Å². The number of nitrogens with one attached hydrogen (secondary N) is 1. The molecule has 1 aliphatic heterocycles. The van der Waals surface area contributed by atoms with Crippen molar-refractivity contribution in [1.82, 2.24) is 5.32 Å². The molecule has 0 unspecified atom stereocenters. The first-order valence-electron chi connectivity index (χ1n) is 11.4. The average Bonchev–Trinajstić information content (AvgIpc) is 2.76. The highest BCUT2D eigenvalue weighted by Crippen LogP contribution is 2.31. The Labute approximate surface area is 192 Å². The Balaban J connectivity index is 2.40. The lowest BCUT2D eigenvalue weighted by atomic mass is 9.89. The molecule has 0 spiro atoms. The lowest BCUT2D eigenvalue weighted by molar-refractivity contribution is -0.155. The zero-order valence-corrected chi connectivity index (χ0v) is 20.9. The molecule has 1 aliphatic rings. The summed E-state index contributed by atoms with van der Waals surface area (Å²) in [6, 6.07) is 9.12. The Morgan fingerprint density at radius 3 is 2.16 bits per heavy atom. The largest absolute Gasteiger partial charge is 0.532 e. The number of esters is 1. The molecule has 1 heterocycles.